The van der Waals surface area contributed by atoms with E-state index in [2.05, 4.69) is 177 Å². The summed E-state index contributed by atoms with van der Waals surface area (Å²) in [5.74, 6) is 2.33. The smallest absolute Gasteiger partial charge is 0.509 e. The van der Waals surface area contributed by atoms with Gasteiger partial charge in [0.25, 0.3) is 0 Å². The van der Waals surface area contributed by atoms with Crippen LogP contribution in [-0.4, -0.2) is 19.3 Å². The molecule has 0 atom stereocenters. The van der Waals surface area contributed by atoms with Crippen LogP contribution < -0.4 is 4.74 Å². The molecule has 0 unspecified atom stereocenters. The van der Waals surface area contributed by atoms with Gasteiger partial charge in [-0.1, -0.05) is 130 Å². The normalized spacial score (nSPS) is 11.4. The molecule has 57 heavy (non-hydrogen) atoms. The molecule has 0 aliphatic heterocycles. The van der Waals surface area contributed by atoms with E-state index >= 15 is 0 Å². The minimum absolute atomic E-state index is 0. The Morgan fingerprint density at radius 2 is 1.25 bits per heavy atom. The maximum atomic E-state index is 6.60. The Hall–Kier alpha value is -6.06. The maximum Gasteiger partial charge on any atom is 2.00 e. The molecule has 0 aliphatic carbocycles. The minimum atomic E-state index is 0. The van der Waals surface area contributed by atoms with Gasteiger partial charge in [-0.3, -0.25) is 4.68 Å². The molecule has 0 radical (unpaired) electrons. The van der Waals surface area contributed by atoms with E-state index in [9.17, 15) is 0 Å². The Labute approximate surface area is 348 Å². The number of pyridine rings is 1. The van der Waals surface area contributed by atoms with Gasteiger partial charge in [-0.25, -0.2) is 4.98 Å². The first-order chi connectivity index (χ1) is 27.4. The summed E-state index contributed by atoms with van der Waals surface area (Å²) in [6.07, 6.45) is 1.85. The molecule has 0 N–H and O–H groups in total. The van der Waals surface area contributed by atoms with Crippen molar-refractivity contribution in [2.45, 2.75) is 46.5 Å². The predicted molar refractivity (Wildman–Crippen MR) is 229 cm³/mol. The van der Waals surface area contributed by atoms with Gasteiger partial charge in [0, 0.05) is 34.3 Å². The van der Waals surface area contributed by atoms with Crippen LogP contribution in [0, 0.1) is 19.1 Å². The molecule has 9 aromatic rings. The van der Waals surface area contributed by atoms with E-state index in [-0.39, 0.29) is 32.3 Å². The Balaban J connectivity index is 0.00000455. The molecule has 3 aromatic heterocycles. The van der Waals surface area contributed by atoms with Gasteiger partial charge in [0.1, 0.15) is 5.82 Å². The number of hydrogen-bond donors (Lipinski definition) is 0. The van der Waals surface area contributed by atoms with E-state index < -0.39 is 0 Å². The van der Waals surface area contributed by atoms with Crippen molar-refractivity contribution in [2.24, 2.45) is 0 Å². The summed E-state index contributed by atoms with van der Waals surface area (Å²) in [7, 11) is 0. The van der Waals surface area contributed by atoms with Gasteiger partial charge in [-0.2, -0.15) is 17.2 Å². The monoisotopic (exact) mass is 832 g/mol. The maximum absolute atomic E-state index is 6.60. The number of fused-ring (bicyclic) bond motifs is 3. The fourth-order valence-electron chi connectivity index (χ4n) is 7.92. The first-order valence-electron chi connectivity index (χ1n) is 19.3. The Bertz CT molecular complexity index is 2800. The zero-order valence-corrected chi connectivity index (χ0v) is 34.2. The van der Waals surface area contributed by atoms with Crippen LogP contribution in [0.15, 0.2) is 152 Å². The van der Waals surface area contributed by atoms with Crippen molar-refractivity contribution in [3.05, 3.63) is 181 Å². The second-order valence-electron chi connectivity index (χ2n) is 15.0. The molecule has 0 fully saturated rings. The first-order valence-corrected chi connectivity index (χ1v) is 19.3. The summed E-state index contributed by atoms with van der Waals surface area (Å²) in [5.41, 5.74) is 13.2. The number of nitrogens with zero attached hydrogens (tertiary/aromatic N) is 4. The van der Waals surface area contributed by atoms with Crippen molar-refractivity contribution in [3.8, 4) is 56.4 Å². The molecule has 6 aromatic carbocycles. The summed E-state index contributed by atoms with van der Waals surface area (Å²) in [5, 5.41) is 7.66. The molecule has 0 aliphatic rings. The number of para-hydroxylation sites is 1. The molecule has 0 bridgehead atoms. The van der Waals surface area contributed by atoms with Crippen LogP contribution in [0.4, 0.5) is 0 Å². The van der Waals surface area contributed by atoms with Gasteiger partial charge in [-0.15, -0.1) is 35.7 Å². The van der Waals surface area contributed by atoms with Crippen LogP contribution in [0.3, 0.4) is 0 Å². The molecule has 0 saturated carbocycles. The summed E-state index contributed by atoms with van der Waals surface area (Å²) < 4.78 is 10.8. The van der Waals surface area contributed by atoms with Crippen LogP contribution in [0.1, 0.15) is 56.5 Å². The largest absolute Gasteiger partial charge is 2.00 e. The van der Waals surface area contributed by atoms with E-state index in [0.717, 1.165) is 50.3 Å². The Morgan fingerprint density at radius 3 is 1.91 bits per heavy atom. The number of benzene rings is 6. The summed E-state index contributed by atoms with van der Waals surface area (Å²) in [6, 6.07) is 57.8. The van der Waals surface area contributed by atoms with E-state index in [0.29, 0.717) is 11.5 Å². The van der Waals surface area contributed by atoms with Crippen molar-refractivity contribution < 1.29 is 25.2 Å². The second-order valence-corrected chi connectivity index (χ2v) is 15.0. The molecule has 5 nitrogen and oxygen atoms in total. The number of aryl methyl sites for hydroxylation is 1. The molecular weight excluding hydrogens is 791 g/mol. The topological polar surface area (TPSA) is 44.9 Å². The zero-order chi connectivity index (χ0) is 38.3. The van der Waals surface area contributed by atoms with Gasteiger partial charge in [0.2, 0.25) is 0 Å². The van der Waals surface area contributed by atoms with Crippen molar-refractivity contribution in [1.82, 2.24) is 19.3 Å². The first kappa shape index (κ1) is 37.8. The minimum Gasteiger partial charge on any atom is -0.509 e. The molecule has 3 heterocycles. The van der Waals surface area contributed by atoms with Crippen LogP contribution in [0.2, 0.25) is 0 Å². The SMILES string of the molecule is Cc1ccnc(-n2c3[c-]c(Oc4[c-]c(-n5nc(C(C)C)c(-c6c(-c7ccccc7)cccc6-c6ccccc6)c5C(C)C)ccc4)ccc3c3ccccc32)c1.[Pd+2]. The average molecular weight is 833 g/mol. The summed E-state index contributed by atoms with van der Waals surface area (Å²) in [6.45, 7) is 11.0. The van der Waals surface area contributed by atoms with Gasteiger partial charge < -0.3 is 9.30 Å². The van der Waals surface area contributed by atoms with Gasteiger partial charge in [0.05, 0.1) is 11.4 Å². The van der Waals surface area contributed by atoms with Gasteiger partial charge >= 0.3 is 20.4 Å². The third-order valence-electron chi connectivity index (χ3n) is 10.4. The molecule has 6 heteroatoms. The van der Waals surface area contributed by atoms with Crippen molar-refractivity contribution >= 4 is 21.8 Å². The third kappa shape index (κ3) is 7.01. The van der Waals surface area contributed by atoms with Crippen molar-refractivity contribution in [1.29, 1.82) is 0 Å². The number of hydrogen-bond acceptors (Lipinski definition) is 3. The molecule has 0 spiro atoms. The predicted octanol–water partition coefficient (Wildman–Crippen LogP) is 13.3. The number of rotatable bonds is 9. The van der Waals surface area contributed by atoms with E-state index in [1.165, 1.54) is 33.4 Å². The average Bonchev–Trinajstić information content (AvgIpc) is 3.78. The second kappa shape index (κ2) is 15.8. The van der Waals surface area contributed by atoms with Crippen LogP contribution in [-0.2, 0) is 20.4 Å². The zero-order valence-electron chi connectivity index (χ0n) is 32.6. The summed E-state index contributed by atoms with van der Waals surface area (Å²) >= 11 is 0. The number of ether oxygens (including phenoxy) is 1. The summed E-state index contributed by atoms with van der Waals surface area (Å²) in [4.78, 5) is 4.74. The van der Waals surface area contributed by atoms with Crippen LogP contribution in [0.5, 0.6) is 11.5 Å². The molecular formula is C51H42N4OPd. The quantitative estimate of drug-likeness (QED) is 0.107. The van der Waals surface area contributed by atoms with Gasteiger partial charge in [-0.05, 0) is 75.8 Å². The van der Waals surface area contributed by atoms with E-state index in [1.807, 2.05) is 30.5 Å². The van der Waals surface area contributed by atoms with E-state index in [4.69, 9.17) is 14.8 Å². The van der Waals surface area contributed by atoms with Crippen LogP contribution in [0.25, 0.3) is 66.7 Å². The Kier molecular flexibility index (Phi) is 10.5. The fraction of sp³-hybridized carbons (Fsp3) is 0.137. The molecule has 282 valence electrons. The van der Waals surface area contributed by atoms with Crippen molar-refractivity contribution in [2.75, 3.05) is 0 Å². The van der Waals surface area contributed by atoms with Crippen molar-refractivity contribution in [3.63, 3.8) is 0 Å². The number of aromatic nitrogens is 4. The standard InChI is InChI=1S/C51H42N4O.Pd/c1-33(2)50-49(48-41(36-16-8-6-9-17-36)23-15-24-42(48)37-18-10-7-11-19-37)51(34(3)4)55(53-50)38-20-14-21-39(31-38)56-40-26-27-44-43-22-12-13-25-45(43)54(46(44)32-40)47-30-35(5)28-29-52-47;/h6-30,33-34H,1-5H3;/q-2;+2. The van der Waals surface area contributed by atoms with Gasteiger partial charge in [0.15, 0.2) is 0 Å². The third-order valence-corrected chi connectivity index (χ3v) is 10.4. The van der Waals surface area contributed by atoms with Crippen LogP contribution >= 0.6 is 0 Å². The Morgan fingerprint density at radius 1 is 0.596 bits per heavy atom. The molecule has 0 amide bonds. The molecule has 0 saturated heterocycles. The van der Waals surface area contributed by atoms with E-state index in [1.54, 1.807) is 0 Å². The fourth-order valence-corrected chi connectivity index (χ4v) is 7.92. The molecule has 9 rings (SSSR count).